The zero-order valence-corrected chi connectivity index (χ0v) is 25.1. The van der Waals surface area contributed by atoms with Crippen molar-refractivity contribution >= 4 is 45.6 Å². The van der Waals surface area contributed by atoms with E-state index in [1.165, 1.54) is 30.3 Å². The van der Waals surface area contributed by atoms with E-state index in [-0.39, 0.29) is 39.1 Å². The molecule has 1 atom stereocenters. The van der Waals surface area contributed by atoms with Gasteiger partial charge >= 0.3 is 11.9 Å². The lowest BCUT2D eigenvalue weighted by atomic mass is 9.94. The number of aromatic nitrogens is 1. The molecule has 1 fully saturated rings. The lowest BCUT2D eigenvalue weighted by molar-refractivity contribution is -0.384. The Labute approximate surface area is 261 Å². The van der Waals surface area contributed by atoms with Crippen molar-refractivity contribution in [3.8, 4) is 5.75 Å². The van der Waals surface area contributed by atoms with Crippen molar-refractivity contribution in [2.75, 3.05) is 11.5 Å². The number of carbonyl (C=O) groups is 3. The van der Waals surface area contributed by atoms with Gasteiger partial charge in [-0.15, -0.1) is 0 Å². The number of Topliss-reactive ketones (excluding diaryl/α,β-unsaturated/α-hetero) is 1. The van der Waals surface area contributed by atoms with Crippen molar-refractivity contribution in [2.24, 2.45) is 0 Å². The predicted octanol–water partition coefficient (Wildman–Crippen LogP) is 6.22. The number of nitrogens with zero attached hydrogens (tertiary/aromatic N) is 3. The van der Waals surface area contributed by atoms with Crippen LogP contribution in [-0.2, 0) is 20.9 Å². The van der Waals surface area contributed by atoms with Crippen LogP contribution in [0.25, 0.3) is 5.76 Å². The Hall–Kier alpha value is -5.62. The fraction of sp³-hybridized carbons (Fsp3) is 0.152. The van der Waals surface area contributed by atoms with Crippen LogP contribution in [0.4, 0.5) is 10.8 Å². The second-order valence-electron chi connectivity index (χ2n) is 10.1. The number of benzene rings is 3. The molecule has 0 spiro atoms. The van der Waals surface area contributed by atoms with Crippen LogP contribution >= 0.6 is 11.3 Å². The normalized spacial score (nSPS) is 15.6. The first kappa shape index (κ1) is 30.8. The fourth-order valence-corrected chi connectivity index (χ4v) is 5.84. The van der Waals surface area contributed by atoms with Gasteiger partial charge in [-0.25, -0.2) is 9.78 Å². The number of hydrogen-bond donors (Lipinski definition) is 1. The zero-order chi connectivity index (χ0) is 32.2. The molecule has 5 rings (SSSR count). The van der Waals surface area contributed by atoms with Gasteiger partial charge in [0.1, 0.15) is 29.6 Å². The summed E-state index contributed by atoms with van der Waals surface area (Å²) in [5.41, 5.74) is 2.05. The summed E-state index contributed by atoms with van der Waals surface area (Å²) < 4.78 is 11.1. The predicted molar refractivity (Wildman–Crippen MR) is 167 cm³/mol. The highest BCUT2D eigenvalue weighted by molar-refractivity contribution is 7.17. The minimum Gasteiger partial charge on any atom is -0.507 e. The Morgan fingerprint density at radius 3 is 2.47 bits per heavy atom. The number of thiazole rings is 1. The standard InChI is InChI=1S/C33H27N3O8S/c1-4-16-43-32(40)30-20(3)34-33(45-30)35-27(22-10-13-24(14-11-22)36(41)42)26(29(38)31(35)39)28(37)23-12-15-25(19(2)17-23)44-18-21-8-6-5-7-9-21/h4-15,17,27,37H,1,16,18H2,2-3H3/b28-26-. The fourth-order valence-electron chi connectivity index (χ4n) is 4.85. The maximum absolute atomic E-state index is 13.6. The SMILES string of the molecule is C=CCOC(=O)c1sc(N2C(=O)C(=O)/C(=C(\O)c3ccc(OCc4ccccc4)c(C)c3)C2c2ccc([N+](=O)[O-])cc2)nc1C. The molecule has 0 saturated carbocycles. The number of nitro groups is 1. The number of rotatable bonds is 10. The van der Waals surface area contributed by atoms with Gasteiger partial charge in [0.15, 0.2) is 5.13 Å². The first-order valence-corrected chi connectivity index (χ1v) is 14.5. The lowest BCUT2D eigenvalue weighted by Gasteiger charge is -2.23. The number of amides is 1. The summed E-state index contributed by atoms with van der Waals surface area (Å²) >= 11 is 0.849. The summed E-state index contributed by atoms with van der Waals surface area (Å²) in [5.74, 6) is -2.53. The lowest BCUT2D eigenvalue weighted by Crippen LogP contribution is -2.29. The van der Waals surface area contributed by atoms with Crippen LogP contribution in [0.3, 0.4) is 0 Å². The summed E-state index contributed by atoms with van der Waals surface area (Å²) in [4.78, 5) is 56.1. The highest BCUT2D eigenvalue weighted by Crippen LogP contribution is 2.44. The molecule has 12 heteroatoms. The van der Waals surface area contributed by atoms with Crippen LogP contribution in [0.15, 0.2) is 91.0 Å². The third-order valence-electron chi connectivity index (χ3n) is 7.06. The Morgan fingerprint density at radius 2 is 1.82 bits per heavy atom. The van der Waals surface area contributed by atoms with E-state index in [1.54, 1.807) is 32.0 Å². The highest BCUT2D eigenvalue weighted by Gasteiger charge is 2.48. The van der Waals surface area contributed by atoms with E-state index in [0.29, 0.717) is 23.5 Å². The second-order valence-corrected chi connectivity index (χ2v) is 11.0. The van der Waals surface area contributed by atoms with E-state index >= 15 is 0 Å². The molecule has 45 heavy (non-hydrogen) atoms. The van der Waals surface area contributed by atoms with Crippen LogP contribution in [0.1, 0.15) is 43.7 Å². The van der Waals surface area contributed by atoms with Crippen molar-refractivity contribution in [3.63, 3.8) is 0 Å². The van der Waals surface area contributed by atoms with Gasteiger partial charge in [-0.05, 0) is 60.9 Å². The maximum atomic E-state index is 13.6. The molecule has 11 nitrogen and oxygen atoms in total. The van der Waals surface area contributed by atoms with Crippen molar-refractivity contribution in [2.45, 2.75) is 26.5 Å². The quantitative estimate of drug-likeness (QED) is 0.0412. The number of non-ortho nitro benzene ring substituents is 1. The number of hydrogen-bond acceptors (Lipinski definition) is 10. The number of aliphatic hydroxyl groups is 1. The minimum atomic E-state index is -1.21. The molecule has 1 aliphatic rings. The molecule has 1 saturated heterocycles. The summed E-state index contributed by atoms with van der Waals surface area (Å²) in [7, 11) is 0. The van der Waals surface area contributed by atoms with E-state index in [0.717, 1.165) is 21.8 Å². The van der Waals surface area contributed by atoms with Gasteiger partial charge in [0.2, 0.25) is 0 Å². The molecule has 228 valence electrons. The van der Waals surface area contributed by atoms with Crippen LogP contribution in [-0.4, -0.2) is 39.3 Å². The number of aliphatic hydroxyl groups excluding tert-OH is 1. The largest absolute Gasteiger partial charge is 0.507 e. The van der Waals surface area contributed by atoms with Crippen LogP contribution < -0.4 is 9.64 Å². The van der Waals surface area contributed by atoms with Crippen molar-refractivity contribution in [3.05, 3.63) is 134 Å². The van der Waals surface area contributed by atoms with E-state index in [1.807, 2.05) is 30.3 Å². The maximum Gasteiger partial charge on any atom is 0.350 e. The molecule has 0 aliphatic carbocycles. The van der Waals surface area contributed by atoms with E-state index in [2.05, 4.69) is 11.6 Å². The number of aryl methyl sites for hydroxylation is 2. The topological polar surface area (TPSA) is 149 Å². The second kappa shape index (κ2) is 12.9. The van der Waals surface area contributed by atoms with E-state index < -0.39 is 34.4 Å². The van der Waals surface area contributed by atoms with Gasteiger partial charge in [0, 0.05) is 17.7 Å². The Balaban J connectivity index is 1.57. The molecule has 1 amide bonds. The smallest absolute Gasteiger partial charge is 0.350 e. The number of nitro benzene ring substituents is 1. The Morgan fingerprint density at radius 1 is 1.11 bits per heavy atom. The third-order valence-corrected chi connectivity index (χ3v) is 8.20. The summed E-state index contributed by atoms with van der Waals surface area (Å²) in [6, 6.07) is 18.5. The summed E-state index contributed by atoms with van der Waals surface area (Å²) in [5, 5.41) is 22.9. The molecule has 0 radical (unpaired) electrons. The Kier molecular flexibility index (Phi) is 8.86. The Bertz CT molecular complexity index is 1850. The first-order valence-electron chi connectivity index (χ1n) is 13.7. The van der Waals surface area contributed by atoms with Crippen LogP contribution in [0.5, 0.6) is 5.75 Å². The van der Waals surface area contributed by atoms with Crippen molar-refractivity contribution in [1.29, 1.82) is 0 Å². The van der Waals surface area contributed by atoms with E-state index in [9.17, 15) is 29.6 Å². The number of esters is 1. The minimum absolute atomic E-state index is 0.0170. The van der Waals surface area contributed by atoms with Crippen molar-refractivity contribution < 1.29 is 33.9 Å². The summed E-state index contributed by atoms with van der Waals surface area (Å²) in [6.07, 6.45) is 1.41. The van der Waals surface area contributed by atoms with Crippen molar-refractivity contribution in [1.82, 2.24) is 4.98 Å². The molecule has 1 N–H and O–H groups in total. The molecule has 1 aliphatic heterocycles. The highest BCUT2D eigenvalue weighted by atomic mass is 32.1. The van der Waals surface area contributed by atoms with Gasteiger partial charge in [-0.2, -0.15) is 0 Å². The van der Waals surface area contributed by atoms with Gasteiger partial charge in [-0.3, -0.25) is 24.6 Å². The zero-order valence-electron chi connectivity index (χ0n) is 24.3. The van der Waals surface area contributed by atoms with Gasteiger partial charge < -0.3 is 14.6 Å². The third kappa shape index (κ3) is 6.22. The monoisotopic (exact) mass is 625 g/mol. The van der Waals surface area contributed by atoms with Crippen LogP contribution in [0.2, 0.25) is 0 Å². The molecular weight excluding hydrogens is 598 g/mol. The number of ketones is 1. The van der Waals surface area contributed by atoms with Gasteiger partial charge in [0.05, 0.1) is 22.2 Å². The van der Waals surface area contributed by atoms with Crippen LogP contribution in [0, 0.1) is 24.0 Å². The van der Waals surface area contributed by atoms with Gasteiger partial charge in [0.25, 0.3) is 11.5 Å². The number of anilines is 1. The molecule has 1 unspecified atom stereocenters. The van der Waals surface area contributed by atoms with E-state index in [4.69, 9.17) is 9.47 Å². The average molecular weight is 626 g/mol. The molecule has 1 aromatic heterocycles. The first-order chi connectivity index (χ1) is 21.6. The summed E-state index contributed by atoms with van der Waals surface area (Å²) in [6.45, 7) is 7.16. The molecule has 4 aromatic rings. The number of carbonyl (C=O) groups excluding carboxylic acids is 3. The molecule has 2 heterocycles. The van der Waals surface area contributed by atoms with Gasteiger partial charge in [-0.1, -0.05) is 54.3 Å². The average Bonchev–Trinajstić information content (AvgIpc) is 3.55. The molecular formula is C33H27N3O8S. The molecule has 3 aromatic carbocycles. The number of ether oxygens (including phenoxy) is 2. The molecule has 0 bridgehead atoms.